The van der Waals surface area contributed by atoms with Crippen LogP contribution in [0.25, 0.3) is 20.8 Å². The van der Waals surface area contributed by atoms with Crippen molar-refractivity contribution in [2.45, 2.75) is 39.0 Å². The van der Waals surface area contributed by atoms with Crippen LogP contribution in [0, 0.1) is 18.8 Å². The van der Waals surface area contributed by atoms with Crippen molar-refractivity contribution in [3.8, 4) is 10.6 Å². The fourth-order valence-corrected chi connectivity index (χ4v) is 9.05. The molecular formula is C29H31N3O5S3. The molecule has 1 amide bonds. The molecule has 4 aromatic rings. The van der Waals surface area contributed by atoms with Gasteiger partial charge in [-0.05, 0) is 74.1 Å². The molecule has 40 heavy (non-hydrogen) atoms. The number of fused-ring (bicyclic) bond motifs is 1. The van der Waals surface area contributed by atoms with Crippen molar-refractivity contribution in [3.63, 3.8) is 0 Å². The van der Waals surface area contributed by atoms with Gasteiger partial charge in [-0.25, -0.2) is 18.2 Å². The highest BCUT2D eigenvalue weighted by Crippen LogP contribution is 2.44. The molecule has 1 saturated heterocycles. The summed E-state index contributed by atoms with van der Waals surface area (Å²) in [6, 6.07) is 13.7. The van der Waals surface area contributed by atoms with E-state index in [1.54, 1.807) is 6.92 Å². The first-order valence-electron chi connectivity index (χ1n) is 13.2. The maximum atomic E-state index is 13.3. The topological polar surface area (TPSA) is 106 Å². The van der Waals surface area contributed by atoms with E-state index in [1.807, 2.05) is 31.2 Å². The molecule has 1 fully saturated rings. The Bertz CT molecular complexity index is 1630. The molecule has 3 heterocycles. The van der Waals surface area contributed by atoms with E-state index in [1.165, 1.54) is 39.9 Å². The normalized spacial score (nSPS) is 18.1. The Balaban J connectivity index is 1.44. The summed E-state index contributed by atoms with van der Waals surface area (Å²) in [5.41, 5.74) is 2.50. The molecule has 5 rings (SSSR count). The van der Waals surface area contributed by atoms with Crippen molar-refractivity contribution in [3.05, 3.63) is 64.5 Å². The van der Waals surface area contributed by atoms with Gasteiger partial charge in [0, 0.05) is 24.2 Å². The van der Waals surface area contributed by atoms with Gasteiger partial charge in [-0.15, -0.1) is 22.7 Å². The van der Waals surface area contributed by atoms with Crippen LogP contribution in [0.5, 0.6) is 0 Å². The number of esters is 1. The molecule has 0 bridgehead atoms. The molecular weight excluding hydrogens is 567 g/mol. The van der Waals surface area contributed by atoms with E-state index in [4.69, 9.17) is 9.72 Å². The highest BCUT2D eigenvalue weighted by molar-refractivity contribution is 7.89. The number of amides is 1. The van der Waals surface area contributed by atoms with Gasteiger partial charge in [0.1, 0.15) is 14.9 Å². The Kier molecular flexibility index (Phi) is 8.10. The summed E-state index contributed by atoms with van der Waals surface area (Å²) in [6.07, 6.45) is 1.00. The summed E-state index contributed by atoms with van der Waals surface area (Å²) in [6.45, 7) is 8.91. The first-order chi connectivity index (χ1) is 19.1. The van der Waals surface area contributed by atoms with E-state index in [9.17, 15) is 18.0 Å². The first kappa shape index (κ1) is 28.4. The van der Waals surface area contributed by atoms with Gasteiger partial charge in [0.05, 0.1) is 21.7 Å². The maximum absolute atomic E-state index is 13.3. The molecule has 0 aliphatic carbocycles. The number of piperidine rings is 1. The van der Waals surface area contributed by atoms with Gasteiger partial charge in [-0.1, -0.05) is 26.0 Å². The molecule has 0 radical (unpaired) electrons. The van der Waals surface area contributed by atoms with Crippen molar-refractivity contribution < 1.29 is 22.7 Å². The third kappa shape index (κ3) is 5.56. The summed E-state index contributed by atoms with van der Waals surface area (Å²) in [5.74, 6) is -0.282. The summed E-state index contributed by atoms with van der Waals surface area (Å²) >= 11 is 2.63. The minimum absolute atomic E-state index is 0.164. The Labute approximate surface area is 242 Å². The van der Waals surface area contributed by atoms with Crippen molar-refractivity contribution in [2.24, 2.45) is 11.8 Å². The number of carbonyl (C=O) groups excluding carboxylic acids is 2. The molecule has 0 saturated carbocycles. The number of para-hydroxylation sites is 1. The standard InChI is InChI=1S/C29H31N3O5S3/c1-5-37-29(34)25-19(4)24(27-30-22-8-6-7-9-23(22)38-27)28(39-25)31-26(33)20-10-12-21(13-11-20)40(35,36)32-15-17(2)14-18(3)16-32/h6-13,17-18H,5,14-16H2,1-4H3,(H,31,33). The number of anilines is 1. The average Bonchev–Trinajstić information content (AvgIpc) is 3.48. The van der Waals surface area contributed by atoms with E-state index < -0.39 is 21.9 Å². The van der Waals surface area contributed by atoms with Gasteiger partial charge in [0.15, 0.2) is 0 Å². The molecule has 0 spiro atoms. The predicted molar refractivity (Wildman–Crippen MR) is 160 cm³/mol. The van der Waals surface area contributed by atoms with E-state index >= 15 is 0 Å². The summed E-state index contributed by atoms with van der Waals surface area (Å²) in [7, 11) is -3.66. The fourth-order valence-electron chi connectivity index (χ4n) is 5.13. The Morgan fingerprint density at radius 3 is 2.38 bits per heavy atom. The monoisotopic (exact) mass is 597 g/mol. The highest BCUT2D eigenvalue weighted by Gasteiger charge is 2.32. The Morgan fingerprint density at radius 1 is 1.05 bits per heavy atom. The number of sulfonamides is 1. The second-order valence-corrected chi connectivity index (χ2v) is 14.2. The lowest BCUT2D eigenvalue weighted by atomic mass is 9.94. The fraction of sp³-hybridized carbons (Fsp3) is 0.345. The number of thiazole rings is 1. The smallest absolute Gasteiger partial charge is 0.348 e. The minimum Gasteiger partial charge on any atom is -0.462 e. The van der Waals surface area contributed by atoms with E-state index in [2.05, 4.69) is 19.2 Å². The third-order valence-corrected chi connectivity index (χ3v) is 11.0. The molecule has 1 N–H and O–H groups in total. The van der Waals surface area contributed by atoms with Gasteiger partial charge >= 0.3 is 5.97 Å². The largest absolute Gasteiger partial charge is 0.462 e. The number of carbonyl (C=O) groups is 2. The lowest BCUT2D eigenvalue weighted by Crippen LogP contribution is -2.42. The van der Waals surface area contributed by atoms with Crippen molar-refractivity contribution >= 4 is 59.8 Å². The van der Waals surface area contributed by atoms with Crippen LogP contribution in [0.4, 0.5) is 5.00 Å². The van der Waals surface area contributed by atoms with Gasteiger partial charge in [0.2, 0.25) is 10.0 Å². The molecule has 2 aromatic heterocycles. The zero-order valence-electron chi connectivity index (χ0n) is 22.8. The molecule has 2 atom stereocenters. The van der Waals surface area contributed by atoms with E-state index in [0.29, 0.717) is 56.5 Å². The quantitative estimate of drug-likeness (QED) is 0.246. The summed E-state index contributed by atoms with van der Waals surface area (Å²) in [4.78, 5) is 31.3. The van der Waals surface area contributed by atoms with Crippen LogP contribution in [-0.2, 0) is 14.8 Å². The number of hydrogen-bond acceptors (Lipinski definition) is 8. The van der Waals surface area contributed by atoms with Gasteiger partial charge < -0.3 is 10.1 Å². The van der Waals surface area contributed by atoms with Crippen LogP contribution in [-0.4, -0.2) is 49.3 Å². The van der Waals surface area contributed by atoms with E-state index in [-0.39, 0.29) is 11.5 Å². The zero-order chi connectivity index (χ0) is 28.6. The van der Waals surface area contributed by atoms with Gasteiger partial charge in [-0.3, -0.25) is 4.79 Å². The maximum Gasteiger partial charge on any atom is 0.348 e. The number of rotatable bonds is 7. The lowest BCUT2D eigenvalue weighted by Gasteiger charge is -2.34. The minimum atomic E-state index is -3.66. The SMILES string of the molecule is CCOC(=O)c1sc(NC(=O)c2ccc(S(=O)(=O)N3CC(C)CC(C)C3)cc2)c(-c2nc3ccccc3s2)c1C. The Morgan fingerprint density at radius 2 is 1.73 bits per heavy atom. The van der Waals surface area contributed by atoms with Crippen LogP contribution < -0.4 is 5.32 Å². The van der Waals surface area contributed by atoms with Crippen LogP contribution in [0.15, 0.2) is 53.4 Å². The first-order valence-corrected chi connectivity index (χ1v) is 16.2. The number of nitrogens with zero attached hydrogens (tertiary/aromatic N) is 2. The molecule has 2 unspecified atom stereocenters. The number of thiophene rings is 1. The van der Waals surface area contributed by atoms with Crippen molar-refractivity contribution in [1.29, 1.82) is 0 Å². The molecule has 1 aliphatic rings. The van der Waals surface area contributed by atoms with Crippen LogP contribution in [0.2, 0.25) is 0 Å². The Hall–Kier alpha value is -3.12. The number of aromatic nitrogens is 1. The van der Waals surface area contributed by atoms with Crippen molar-refractivity contribution in [1.82, 2.24) is 9.29 Å². The van der Waals surface area contributed by atoms with Crippen LogP contribution in [0.1, 0.15) is 52.8 Å². The highest BCUT2D eigenvalue weighted by atomic mass is 32.2. The van der Waals surface area contributed by atoms with E-state index in [0.717, 1.165) is 28.0 Å². The average molecular weight is 598 g/mol. The zero-order valence-corrected chi connectivity index (χ0v) is 25.2. The summed E-state index contributed by atoms with van der Waals surface area (Å²) in [5, 5.41) is 4.11. The molecule has 8 nitrogen and oxygen atoms in total. The van der Waals surface area contributed by atoms with Gasteiger partial charge in [0.25, 0.3) is 5.91 Å². The second-order valence-electron chi connectivity index (χ2n) is 10.2. The van der Waals surface area contributed by atoms with Crippen molar-refractivity contribution in [2.75, 3.05) is 25.0 Å². The number of nitrogens with one attached hydrogen (secondary N) is 1. The number of hydrogen-bond donors (Lipinski definition) is 1. The number of benzene rings is 2. The third-order valence-electron chi connectivity index (χ3n) is 6.93. The van der Waals surface area contributed by atoms with Gasteiger partial charge in [-0.2, -0.15) is 4.31 Å². The second kappa shape index (κ2) is 11.4. The summed E-state index contributed by atoms with van der Waals surface area (Å²) < 4.78 is 34.3. The molecule has 1 aliphatic heterocycles. The van der Waals surface area contributed by atoms with Crippen LogP contribution in [0.3, 0.4) is 0 Å². The molecule has 2 aromatic carbocycles. The van der Waals surface area contributed by atoms with Crippen LogP contribution >= 0.6 is 22.7 Å². The lowest BCUT2D eigenvalue weighted by molar-refractivity contribution is 0.0531. The molecule has 210 valence electrons. The predicted octanol–water partition coefficient (Wildman–Crippen LogP) is 6.43. The number of ether oxygens (including phenoxy) is 1. The molecule has 11 heteroatoms.